The van der Waals surface area contributed by atoms with E-state index in [1.165, 1.54) is 12.1 Å². The first kappa shape index (κ1) is 9.18. The van der Waals surface area contributed by atoms with E-state index in [0.717, 1.165) is 0 Å². The Morgan fingerprint density at radius 3 is 2.46 bits per heavy atom. The summed E-state index contributed by atoms with van der Waals surface area (Å²) in [6.45, 7) is 0. The molecule has 1 aromatic carbocycles. The zero-order valence-corrected chi connectivity index (χ0v) is 7.06. The van der Waals surface area contributed by atoms with Crippen molar-refractivity contribution < 1.29 is 9.90 Å². The molecule has 0 aliphatic rings. The zero-order valence-electron chi connectivity index (χ0n) is 7.06. The molecule has 0 radical (unpaired) electrons. The first-order chi connectivity index (χ1) is 6.24. The number of nitrogens with zero attached hydrogens (tertiary/aromatic N) is 2. The van der Waals surface area contributed by atoms with Crippen LogP contribution in [0.5, 0.6) is 0 Å². The van der Waals surface area contributed by atoms with Gasteiger partial charge in [0.1, 0.15) is 0 Å². The first-order valence-corrected chi connectivity index (χ1v) is 3.65. The van der Waals surface area contributed by atoms with Gasteiger partial charge in [0.15, 0.2) is 0 Å². The van der Waals surface area contributed by atoms with Gasteiger partial charge in [-0.1, -0.05) is 5.22 Å². The smallest absolute Gasteiger partial charge is 0.335 e. The van der Waals surface area contributed by atoms with Crippen molar-refractivity contribution in [2.24, 2.45) is 10.3 Å². The summed E-state index contributed by atoms with van der Waals surface area (Å²) >= 11 is 0. The molecule has 0 bridgehead atoms. The van der Waals surface area contributed by atoms with Gasteiger partial charge in [0.25, 0.3) is 0 Å². The molecular weight excluding hydrogens is 170 g/mol. The van der Waals surface area contributed by atoms with Gasteiger partial charge < -0.3 is 5.11 Å². The van der Waals surface area contributed by atoms with Crippen LogP contribution in [0.1, 0.15) is 10.4 Å². The maximum atomic E-state index is 10.5. The Bertz CT molecular complexity index is 319. The van der Waals surface area contributed by atoms with Gasteiger partial charge in [0, 0.05) is 7.05 Å². The molecule has 0 aromatic heterocycles. The molecule has 0 aliphatic heterocycles. The molecule has 0 saturated heterocycles. The van der Waals surface area contributed by atoms with Gasteiger partial charge in [0.05, 0.1) is 11.3 Å². The lowest BCUT2D eigenvalue weighted by molar-refractivity contribution is 0.0697. The van der Waals surface area contributed by atoms with Crippen LogP contribution in [0.25, 0.3) is 0 Å². The third-order valence-corrected chi connectivity index (χ3v) is 1.38. The lowest BCUT2D eigenvalue weighted by atomic mass is 10.2. The van der Waals surface area contributed by atoms with E-state index in [1.54, 1.807) is 19.2 Å². The average molecular weight is 179 g/mol. The fourth-order valence-electron chi connectivity index (χ4n) is 0.778. The molecule has 0 fully saturated rings. The summed E-state index contributed by atoms with van der Waals surface area (Å²) in [5, 5.41) is 15.9. The molecule has 0 amide bonds. The van der Waals surface area contributed by atoms with Gasteiger partial charge in [-0.3, -0.25) is 5.43 Å². The number of carboxylic acid groups (broad SMARTS) is 1. The minimum atomic E-state index is -0.947. The monoisotopic (exact) mass is 179 g/mol. The summed E-state index contributed by atoms with van der Waals surface area (Å²) < 4.78 is 0. The number of hydrogen-bond acceptors (Lipinski definition) is 3. The lowest BCUT2D eigenvalue weighted by Gasteiger charge is -1.93. The molecule has 0 atom stereocenters. The highest BCUT2D eigenvalue weighted by molar-refractivity contribution is 5.87. The highest BCUT2D eigenvalue weighted by Gasteiger charge is 2.00. The van der Waals surface area contributed by atoms with Crippen LogP contribution in [-0.2, 0) is 0 Å². The minimum absolute atomic E-state index is 0.239. The molecule has 0 heterocycles. The second-order valence-electron chi connectivity index (χ2n) is 2.28. The SMILES string of the molecule is CNN=Nc1ccc(C(=O)O)cc1. The predicted molar refractivity (Wildman–Crippen MR) is 47.0 cm³/mol. The summed E-state index contributed by atoms with van der Waals surface area (Å²) in [5.74, 6) is -0.947. The molecule has 5 nitrogen and oxygen atoms in total. The van der Waals surface area contributed by atoms with Crippen LogP contribution >= 0.6 is 0 Å². The highest BCUT2D eigenvalue weighted by atomic mass is 16.4. The summed E-state index contributed by atoms with van der Waals surface area (Å²) in [6.07, 6.45) is 0. The molecule has 0 spiro atoms. The van der Waals surface area contributed by atoms with E-state index < -0.39 is 5.97 Å². The number of rotatable bonds is 3. The van der Waals surface area contributed by atoms with Crippen molar-refractivity contribution in [3.8, 4) is 0 Å². The van der Waals surface area contributed by atoms with E-state index in [4.69, 9.17) is 5.11 Å². The van der Waals surface area contributed by atoms with Crippen molar-refractivity contribution >= 4 is 11.7 Å². The highest BCUT2D eigenvalue weighted by Crippen LogP contribution is 2.12. The molecule has 13 heavy (non-hydrogen) atoms. The molecule has 0 unspecified atom stereocenters. The van der Waals surface area contributed by atoms with E-state index >= 15 is 0 Å². The maximum Gasteiger partial charge on any atom is 0.335 e. The summed E-state index contributed by atoms with van der Waals surface area (Å²) in [7, 11) is 1.63. The quantitative estimate of drug-likeness (QED) is 0.546. The minimum Gasteiger partial charge on any atom is -0.478 e. The normalized spacial score (nSPS) is 10.2. The van der Waals surface area contributed by atoms with E-state index in [0.29, 0.717) is 5.69 Å². The van der Waals surface area contributed by atoms with Crippen LogP contribution in [0.2, 0.25) is 0 Å². The second kappa shape index (κ2) is 4.20. The Morgan fingerprint density at radius 1 is 1.38 bits per heavy atom. The molecule has 1 aromatic rings. The fourth-order valence-corrected chi connectivity index (χ4v) is 0.778. The number of hydrogen-bond donors (Lipinski definition) is 2. The van der Waals surface area contributed by atoms with E-state index in [-0.39, 0.29) is 5.56 Å². The van der Waals surface area contributed by atoms with Crippen molar-refractivity contribution in [1.82, 2.24) is 5.43 Å². The molecular formula is C8H9N3O2. The van der Waals surface area contributed by atoms with Crippen LogP contribution in [0.3, 0.4) is 0 Å². The summed E-state index contributed by atoms with van der Waals surface area (Å²) in [4.78, 5) is 10.5. The van der Waals surface area contributed by atoms with Gasteiger partial charge in [-0.15, -0.1) is 5.11 Å². The number of nitrogens with one attached hydrogen (secondary N) is 1. The van der Waals surface area contributed by atoms with Crippen molar-refractivity contribution in [1.29, 1.82) is 0 Å². The molecule has 5 heteroatoms. The third kappa shape index (κ3) is 2.55. The van der Waals surface area contributed by atoms with E-state index in [1.807, 2.05) is 0 Å². The van der Waals surface area contributed by atoms with Crippen LogP contribution in [0, 0.1) is 0 Å². The van der Waals surface area contributed by atoms with Crippen molar-refractivity contribution in [2.45, 2.75) is 0 Å². The fraction of sp³-hybridized carbons (Fsp3) is 0.125. The van der Waals surface area contributed by atoms with Crippen molar-refractivity contribution in [3.05, 3.63) is 29.8 Å². The number of benzene rings is 1. The lowest BCUT2D eigenvalue weighted by Crippen LogP contribution is -1.94. The molecule has 0 saturated carbocycles. The number of carboxylic acids is 1. The Morgan fingerprint density at radius 2 is 2.00 bits per heavy atom. The molecule has 2 N–H and O–H groups in total. The van der Waals surface area contributed by atoms with Crippen LogP contribution < -0.4 is 5.43 Å². The first-order valence-electron chi connectivity index (χ1n) is 3.65. The van der Waals surface area contributed by atoms with Crippen molar-refractivity contribution in [2.75, 3.05) is 7.05 Å². The van der Waals surface area contributed by atoms with E-state index in [9.17, 15) is 4.79 Å². The third-order valence-electron chi connectivity index (χ3n) is 1.38. The average Bonchev–Trinajstić information content (AvgIpc) is 2.15. The summed E-state index contributed by atoms with van der Waals surface area (Å²) in [6, 6.07) is 6.13. The Labute approximate surface area is 75.1 Å². The van der Waals surface area contributed by atoms with Gasteiger partial charge in [0.2, 0.25) is 0 Å². The maximum absolute atomic E-state index is 10.5. The van der Waals surface area contributed by atoms with Gasteiger partial charge in [-0.2, -0.15) is 0 Å². The Kier molecular flexibility index (Phi) is 2.97. The topological polar surface area (TPSA) is 74.0 Å². The molecule has 1 rings (SSSR count). The van der Waals surface area contributed by atoms with E-state index in [2.05, 4.69) is 15.8 Å². The Balaban J connectivity index is 2.81. The zero-order chi connectivity index (χ0) is 9.68. The Hall–Kier alpha value is -1.91. The number of carbonyl (C=O) groups is 1. The van der Waals surface area contributed by atoms with Crippen molar-refractivity contribution in [3.63, 3.8) is 0 Å². The largest absolute Gasteiger partial charge is 0.478 e. The van der Waals surface area contributed by atoms with Crippen LogP contribution in [-0.4, -0.2) is 18.1 Å². The second-order valence-corrected chi connectivity index (χ2v) is 2.28. The predicted octanol–water partition coefficient (Wildman–Crippen LogP) is 1.60. The van der Waals surface area contributed by atoms with Gasteiger partial charge in [-0.25, -0.2) is 4.79 Å². The standard InChI is InChI=1S/C8H9N3O2/c1-9-11-10-7-4-2-6(3-5-7)8(12)13/h2-5H,1H3,(H,9,10)(H,12,13). The molecule has 0 aliphatic carbocycles. The van der Waals surface area contributed by atoms with Gasteiger partial charge in [-0.05, 0) is 24.3 Å². The van der Waals surface area contributed by atoms with Crippen LogP contribution in [0.4, 0.5) is 5.69 Å². The molecule has 68 valence electrons. The van der Waals surface area contributed by atoms with Gasteiger partial charge >= 0.3 is 5.97 Å². The number of aromatic carboxylic acids is 1. The van der Waals surface area contributed by atoms with Crippen LogP contribution in [0.15, 0.2) is 34.6 Å². The summed E-state index contributed by atoms with van der Waals surface area (Å²) in [5.41, 5.74) is 3.35.